The lowest BCUT2D eigenvalue weighted by molar-refractivity contribution is -0.135. The maximum Gasteiger partial charge on any atom is 0.342 e. The molecule has 56 heavy (non-hydrogen) atoms. The number of carboxylic acids is 4. The van der Waals surface area contributed by atoms with Crippen molar-refractivity contribution < 1.29 is 64.1 Å². The van der Waals surface area contributed by atoms with Gasteiger partial charge in [0.2, 0.25) is 0 Å². The van der Waals surface area contributed by atoms with E-state index in [1.54, 1.807) is 24.3 Å². The van der Waals surface area contributed by atoms with Gasteiger partial charge in [-0.2, -0.15) is 0 Å². The molecule has 298 valence electrons. The van der Waals surface area contributed by atoms with Crippen LogP contribution in [0.15, 0.2) is 78.9 Å². The summed E-state index contributed by atoms with van der Waals surface area (Å²) in [5, 5.41) is 56.5. The van der Waals surface area contributed by atoms with E-state index in [2.05, 4.69) is 10.6 Å². The second-order valence-electron chi connectivity index (χ2n) is 11.8. The van der Waals surface area contributed by atoms with Crippen molar-refractivity contribution in [3.8, 4) is 23.0 Å². The van der Waals surface area contributed by atoms with E-state index in [9.17, 15) is 15.0 Å². The van der Waals surface area contributed by atoms with Crippen molar-refractivity contribution in [3.63, 3.8) is 0 Å². The average Bonchev–Trinajstić information content (AvgIpc) is 3.37. The molecule has 2 aliphatic rings. The number of ether oxygens (including phenoxy) is 2. The van der Waals surface area contributed by atoms with E-state index in [0.717, 1.165) is 38.9 Å². The summed E-state index contributed by atoms with van der Waals surface area (Å²) < 4.78 is 12.2. The quantitative estimate of drug-likeness (QED) is 0.0969. The van der Waals surface area contributed by atoms with Crippen LogP contribution in [0.2, 0.25) is 0 Å². The van der Waals surface area contributed by atoms with Crippen LogP contribution in [0.25, 0.3) is 0 Å². The molecular formula is C38H42N4O13S. The lowest BCUT2D eigenvalue weighted by Crippen LogP contribution is -2.32. The Morgan fingerprint density at radius 2 is 1.20 bits per heavy atom. The number of esters is 1. The highest BCUT2D eigenvalue weighted by Gasteiger charge is 2.54. The molecule has 0 bridgehead atoms. The lowest BCUT2D eigenvalue weighted by atomic mass is 9.77. The molecule has 0 aliphatic carbocycles. The Kier molecular flexibility index (Phi) is 16.7. The number of carboxylic acid groups (broad SMARTS) is 4. The van der Waals surface area contributed by atoms with Gasteiger partial charge in [0.25, 0.3) is 23.9 Å². The van der Waals surface area contributed by atoms with Crippen molar-refractivity contribution in [1.29, 1.82) is 0 Å². The predicted molar refractivity (Wildman–Crippen MR) is 208 cm³/mol. The molecule has 0 amide bonds. The van der Waals surface area contributed by atoms with Gasteiger partial charge in [-0.1, -0.05) is 24.3 Å². The second-order valence-corrected chi connectivity index (χ2v) is 12.2. The summed E-state index contributed by atoms with van der Waals surface area (Å²) in [4.78, 5) is 49.5. The van der Waals surface area contributed by atoms with Gasteiger partial charge in [0.15, 0.2) is 10.7 Å². The molecule has 2 aliphatic heterocycles. The number of phenols is 2. The number of carbonyl (C=O) groups excluding carboxylic acids is 1. The van der Waals surface area contributed by atoms with E-state index in [1.807, 2.05) is 30.3 Å². The number of hydrogen-bond acceptors (Lipinski definition) is 12. The number of aromatic hydroxyl groups is 2. The molecule has 12 N–H and O–H groups in total. The topological polar surface area (TPSA) is 301 Å². The standard InChI is InChI=1S/C30H26N4O5S.4C2H4O2/c31-15-17(32)12-16-4-6-18(7-5-16)33-29(40)34-24-3-1-2-23-27(24)28(37)39-30(23)21-10-8-19(35)13-25(21)38-26-14-20(36)9-11-22(26)30;4*1-2(3)4/h1-11,13-14,17,35-36H,12,15,31-32H2,(H2,33,34,40);4*1H3,(H,3,4). The van der Waals surface area contributed by atoms with Crippen LogP contribution in [0, 0.1) is 0 Å². The number of carbonyl (C=O) groups is 5. The molecule has 1 spiro atoms. The van der Waals surface area contributed by atoms with Crippen molar-refractivity contribution >= 4 is 58.6 Å². The largest absolute Gasteiger partial charge is 0.508 e. The number of thiocarbonyl (C=S) groups is 1. The third-order valence-electron chi connectivity index (χ3n) is 7.06. The highest BCUT2D eigenvalue weighted by atomic mass is 32.1. The first kappa shape index (κ1) is 45.4. The summed E-state index contributed by atoms with van der Waals surface area (Å²) in [7, 11) is 0. The van der Waals surface area contributed by atoms with Gasteiger partial charge >= 0.3 is 5.97 Å². The molecular weight excluding hydrogens is 752 g/mol. The van der Waals surface area contributed by atoms with Gasteiger partial charge in [-0.05, 0) is 66.7 Å². The second kappa shape index (κ2) is 20.6. The van der Waals surface area contributed by atoms with Crippen molar-refractivity contribution in [3.05, 3.63) is 107 Å². The van der Waals surface area contributed by atoms with Gasteiger partial charge in [-0.25, -0.2) is 4.79 Å². The number of nitrogens with two attached hydrogens (primary N) is 2. The molecule has 2 heterocycles. The van der Waals surface area contributed by atoms with Gasteiger partial charge in [0, 0.05) is 74.8 Å². The highest BCUT2D eigenvalue weighted by Crippen LogP contribution is 2.57. The molecule has 0 saturated heterocycles. The van der Waals surface area contributed by atoms with E-state index >= 15 is 0 Å². The van der Waals surface area contributed by atoms with Gasteiger partial charge < -0.3 is 62.2 Å². The number of anilines is 2. The third kappa shape index (κ3) is 13.0. The normalized spacial score (nSPS) is 12.4. The van der Waals surface area contributed by atoms with E-state index in [1.165, 1.54) is 24.3 Å². The minimum absolute atomic E-state index is 0.0100. The number of aliphatic carboxylic acids is 4. The van der Waals surface area contributed by atoms with Crippen LogP contribution in [-0.4, -0.2) is 78.2 Å². The summed E-state index contributed by atoms with van der Waals surface area (Å²) in [5.41, 5.74) is 14.5. The van der Waals surface area contributed by atoms with E-state index in [4.69, 9.17) is 72.8 Å². The zero-order chi connectivity index (χ0) is 42.3. The van der Waals surface area contributed by atoms with Gasteiger partial charge in [-0.3, -0.25) is 19.2 Å². The first-order valence-corrected chi connectivity index (χ1v) is 16.7. The molecule has 0 fully saturated rings. The molecule has 0 aromatic heterocycles. The molecule has 0 radical (unpaired) electrons. The maximum absolute atomic E-state index is 13.5. The fourth-order valence-electron chi connectivity index (χ4n) is 5.25. The summed E-state index contributed by atoms with van der Waals surface area (Å²) in [6.45, 7) is 4.74. The summed E-state index contributed by atoms with van der Waals surface area (Å²) >= 11 is 5.57. The Hall–Kier alpha value is -6.76. The zero-order valence-corrected chi connectivity index (χ0v) is 31.4. The Labute approximate surface area is 326 Å². The molecule has 0 saturated carbocycles. The van der Waals surface area contributed by atoms with Gasteiger partial charge in [0.05, 0.1) is 11.3 Å². The summed E-state index contributed by atoms with van der Waals surface area (Å²) in [5.74, 6) is -3.29. The Bertz CT molecular complexity index is 1960. The molecule has 17 nitrogen and oxygen atoms in total. The lowest BCUT2D eigenvalue weighted by Gasteiger charge is -2.36. The van der Waals surface area contributed by atoms with E-state index in [0.29, 0.717) is 52.4 Å². The SMILES string of the molecule is CC(=O)O.CC(=O)O.CC(=O)O.CC(=O)O.NCC(N)Cc1ccc(NC(=S)Nc2cccc3c2C(=O)OC32c3ccc(O)cc3Oc3cc(O)ccc32)cc1. The highest BCUT2D eigenvalue weighted by molar-refractivity contribution is 7.80. The van der Waals surface area contributed by atoms with Crippen LogP contribution in [0.1, 0.15) is 60.3 Å². The summed E-state index contributed by atoms with van der Waals surface area (Å²) in [6, 6.07) is 22.2. The van der Waals surface area contributed by atoms with Crippen molar-refractivity contribution in [2.75, 3.05) is 17.2 Å². The third-order valence-corrected chi connectivity index (χ3v) is 7.27. The minimum atomic E-state index is -1.36. The van der Waals surface area contributed by atoms with Crippen LogP contribution in [0.4, 0.5) is 11.4 Å². The van der Waals surface area contributed by atoms with Gasteiger partial charge in [0.1, 0.15) is 23.0 Å². The smallest absolute Gasteiger partial charge is 0.342 e. The Morgan fingerprint density at radius 3 is 1.64 bits per heavy atom. The number of phenolic OH excluding ortho intramolecular Hbond substituents is 2. The molecule has 1 atom stereocenters. The first-order valence-electron chi connectivity index (χ1n) is 16.3. The van der Waals surface area contributed by atoms with Crippen LogP contribution in [0.5, 0.6) is 23.0 Å². The first-order chi connectivity index (χ1) is 26.2. The predicted octanol–water partition coefficient (Wildman–Crippen LogP) is 4.67. The van der Waals surface area contributed by atoms with Gasteiger partial charge in [-0.15, -0.1) is 0 Å². The number of rotatable bonds is 5. The molecule has 18 heteroatoms. The Morgan fingerprint density at radius 1 is 0.732 bits per heavy atom. The van der Waals surface area contributed by atoms with E-state index in [-0.39, 0.29) is 22.7 Å². The Balaban J connectivity index is 0.000000578. The maximum atomic E-state index is 13.5. The number of nitrogens with one attached hydrogen (secondary N) is 2. The van der Waals surface area contributed by atoms with Crippen LogP contribution < -0.4 is 26.8 Å². The molecule has 6 rings (SSSR count). The van der Waals surface area contributed by atoms with Crippen LogP contribution >= 0.6 is 12.2 Å². The fourth-order valence-corrected chi connectivity index (χ4v) is 5.47. The average molecular weight is 795 g/mol. The zero-order valence-electron chi connectivity index (χ0n) is 30.6. The van der Waals surface area contributed by atoms with Crippen LogP contribution in [0.3, 0.4) is 0 Å². The number of fused-ring (bicyclic) bond motifs is 6. The van der Waals surface area contributed by atoms with E-state index < -0.39 is 35.4 Å². The fraction of sp³-hybridized carbons (Fsp3) is 0.211. The van der Waals surface area contributed by atoms with Crippen molar-refractivity contribution in [1.82, 2.24) is 0 Å². The monoisotopic (exact) mass is 794 g/mol. The summed E-state index contributed by atoms with van der Waals surface area (Å²) in [6.07, 6.45) is 0.677. The van der Waals surface area contributed by atoms with Crippen molar-refractivity contribution in [2.24, 2.45) is 11.5 Å². The molecule has 1 unspecified atom stereocenters. The molecule has 4 aromatic carbocycles. The number of hydrogen-bond donors (Lipinski definition) is 10. The van der Waals surface area contributed by atoms with Crippen LogP contribution in [-0.2, 0) is 35.9 Å². The molecule has 4 aromatic rings. The number of benzene rings is 4. The minimum Gasteiger partial charge on any atom is -0.508 e. The van der Waals surface area contributed by atoms with Crippen molar-refractivity contribution in [2.45, 2.75) is 45.8 Å².